The van der Waals surface area contributed by atoms with E-state index in [0.29, 0.717) is 22.8 Å². The predicted octanol–water partition coefficient (Wildman–Crippen LogP) is 2.73. The van der Waals surface area contributed by atoms with Gasteiger partial charge in [-0.1, -0.05) is 22.6 Å². The number of amides is 1. The number of para-hydroxylation sites is 2. The lowest BCUT2D eigenvalue weighted by Gasteiger charge is -2.09. The molecule has 0 bridgehead atoms. The van der Waals surface area contributed by atoms with Crippen molar-refractivity contribution in [2.45, 2.75) is 13.8 Å². The molecule has 1 amide bonds. The first-order valence-corrected chi connectivity index (χ1v) is 8.93. The minimum absolute atomic E-state index is 0.243. The Morgan fingerprint density at radius 2 is 1.76 bits per heavy atom. The second kappa shape index (κ2) is 7.55. The van der Waals surface area contributed by atoms with Crippen LogP contribution in [0.5, 0.6) is 5.75 Å². The van der Waals surface area contributed by atoms with Gasteiger partial charge in [-0.25, -0.2) is 9.36 Å². The summed E-state index contributed by atoms with van der Waals surface area (Å²) in [4.78, 5) is 12.7. The highest BCUT2D eigenvalue weighted by molar-refractivity contribution is 6.03. The largest absolute Gasteiger partial charge is 0.494 e. The molecule has 0 aliphatic heterocycles. The first-order valence-electron chi connectivity index (χ1n) is 8.93. The second-order valence-electron chi connectivity index (χ2n) is 6.40. The summed E-state index contributed by atoms with van der Waals surface area (Å²) in [6.45, 7) is 3.71. The van der Waals surface area contributed by atoms with Gasteiger partial charge in [0.25, 0.3) is 5.91 Å². The molecule has 0 atom stereocenters. The molecular formula is C20H19N7O2. The van der Waals surface area contributed by atoms with Crippen LogP contribution in [0, 0.1) is 13.8 Å². The maximum Gasteiger partial charge on any atom is 0.278 e. The molecule has 9 nitrogen and oxygen atoms in total. The number of ether oxygens (including phenoxy) is 1. The number of methoxy groups -OCH3 is 1. The Balaban J connectivity index is 1.55. The second-order valence-corrected chi connectivity index (χ2v) is 6.40. The van der Waals surface area contributed by atoms with E-state index in [0.717, 1.165) is 11.4 Å². The topological polar surface area (TPSA) is 99.8 Å². The summed E-state index contributed by atoms with van der Waals surface area (Å²) in [6.07, 6.45) is 1.68. The van der Waals surface area contributed by atoms with Gasteiger partial charge in [0.15, 0.2) is 5.69 Å². The van der Waals surface area contributed by atoms with Crippen LogP contribution >= 0.6 is 0 Å². The lowest BCUT2D eigenvalue weighted by molar-refractivity contribution is 0.102. The van der Waals surface area contributed by atoms with Crippen LogP contribution in [0.4, 0.5) is 5.69 Å². The van der Waals surface area contributed by atoms with Crippen molar-refractivity contribution < 1.29 is 9.53 Å². The van der Waals surface area contributed by atoms with Gasteiger partial charge in [-0.3, -0.25) is 4.79 Å². The van der Waals surface area contributed by atoms with Crippen LogP contribution in [0.25, 0.3) is 11.4 Å². The Bertz CT molecular complexity index is 1160. The van der Waals surface area contributed by atoms with Crippen LogP contribution in [0.3, 0.4) is 0 Å². The van der Waals surface area contributed by atoms with Crippen molar-refractivity contribution in [3.63, 3.8) is 0 Å². The van der Waals surface area contributed by atoms with Crippen molar-refractivity contribution in [3.8, 4) is 17.1 Å². The number of anilines is 1. The molecule has 0 radical (unpaired) electrons. The van der Waals surface area contributed by atoms with Crippen molar-refractivity contribution in [2.75, 3.05) is 12.4 Å². The number of carbonyl (C=O) groups excluding carboxylic acids is 1. The molecule has 0 fully saturated rings. The maximum atomic E-state index is 12.7. The van der Waals surface area contributed by atoms with Crippen LogP contribution in [0.2, 0.25) is 0 Å². The maximum absolute atomic E-state index is 12.7. The first kappa shape index (κ1) is 18.4. The molecule has 146 valence electrons. The fourth-order valence-electron chi connectivity index (χ4n) is 2.99. The highest BCUT2D eigenvalue weighted by Crippen LogP contribution is 2.23. The zero-order valence-electron chi connectivity index (χ0n) is 16.2. The van der Waals surface area contributed by atoms with Gasteiger partial charge in [0.05, 0.1) is 30.4 Å². The third-order valence-corrected chi connectivity index (χ3v) is 4.51. The van der Waals surface area contributed by atoms with E-state index in [2.05, 4.69) is 25.9 Å². The number of aromatic nitrogens is 6. The van der Waals surface area contributed by atoms with Crippen LogP contribution in [0.15, 0.2) is 54.7 Å². The number of carbonyl (C=O) groups is 1. The minimum Gasteiger partial charge on any atom is -0.494 e. The Kier molecular flexibility index (Phi) is 4.78. The molecule has 2 aromatic carbocycles. The number of hydrogen-bond acceptors (Lipinski definition) is 6. The fourth-order valence-corrected chi connectivity index (χ4v) is 2.99. The smallest absolute Gasteiger partial charge is 0.278 e. The van der Waals surface area contributed by atoms with E-state index in [1.165, 1.54) is 0 Å². The van der Waals surface area contributed by atoms with Crippen molar-refractivity contribution in [2.24, 2.45) is 0 Å². The van der Waals surface area contributed by atoms with Gasteiger partial charge in [0.2, 0.25) is 0 Å². The van der Waals surface area contributed by atoms with E-state index < -0.39 is 0 Å². The molecule has 1 N–H and O–H groups in total. The first-order chi connectivity index (χ1) is 14.1. The molecule has 0 spiro atoms. The third kappa shape index (κ3) is 3.45. The van der Waals surface area contributed by atoms with Crippen LogP contribution < -0.4 is 10.1 Å². The summed E-state index contributed by atoms with van der Waals surface area (Å²) in [5.41, 5.74) is 3.99. The van der Waals surface area contributed by atoms with Crippen LogP contribution in [-0.4, -0.2) is 43.0 Å². The van der Waals surface area contributed by atoms with Crippen molar-refractivity contribution >= 4 is 11.6 Å². The lowest BCUT2D eigenvalue weighted by atomic mass is 10.2. The average molecular weight is 389 g/mol. The van der Waals surface area contributed by atoms with Gasteiger partial charge < -0.3 is 10.1 Å². The molecule has 4 rings (SSSR count). The standard InChI is InChI=1S/C20H19N7O2/c1-13-12-21-24-26(13)16-10-8-15(9-11-16)22-20(28)19-14(2)27(25-23-19)17-6-4-5-7-18(17)29-3/h4-12H,1-3H3,(H,22,28). The number of nitrogens with one attached hydrogen (secondary N) is 1. The Morgan fingerprint density at radius 3 is 2.45 bits per heavy atom. The predicted molar refractivity (Wildman–Crippen MR) is 107 cm³/mol. The zero-order chi connectivity index (χ0) is 20.4. The number of benzene rings is 2. The Morgan fingerprint density at radius 1 is 1.00 bits per heavy atom. The quantitative estimate of drug-likeness (QED) is 0.563. The summed E-state index contributed by atoms with van der Waals surface area (Å²) < 4.78 is 8.67. The Labute approximate surface area is 166 Å². The summed E-state index contributed by atoms with van der Waals surface area (Å²) in [6, 6.07) is 14.7. The van der Waals surface area contributed by atoms with Crippen LogP contribution in [0.1, 0.15) is 21.9 Å². The summed E-state index contributed by atoms with van der Waals surface area (Å²) in [7, 11) is 1.59. The normalized spacial score (nSPS) is 10.7. The number of nitrogens with zero attached hydrogens (tertiary/aromatic N) is 6. The molecule has 9 heteroatoms. The number of hydrogen-bond donors (Lipinski definition) is 1. The van der Waals surface area contributed by atoms with Crippen molar-refractivity contribution in [1.29, 1.82) is 0 Å². The van der Waals surface area contributed by atoms with Gasteiger partial charge in [0.1, 0.15) is 11.4 Å². The van der Waals surface area contributed by atoms with E-state index in [-0.39, 0.29) is 11.6 Å². The van der Waals surface area contributed by atoms with Gasteiger partial charge in [-0.05, 0) is 50.2 Å². The van der Waals surface area contributed by atoms with E-state index in [9.17, 15) is 4.79 Å². The van der Waals surface area contributed by atoms with Gasteiger partial charge in [-0.15, -0.1) is 10.2 Å². The molecule has 2 heterocycles. The molecule has 29 heavy (non-hydrogen) atoms. The molecular weight excluding hydrogens is 370 g/mol. The van der Waals surface area contributed by atoms with E-state index in [4.69, 9.17) is 4.74 Å². The molecule has 0 aliphatic rings. The van der Waals surface area contributed by atoms with Gasteiger partial charge in [-0.2, -0.15) is 0 Å². The highest BCUT2D eigenvalue weighted by Gasteiger charge is 2.19. The molecule has 0 saturated heterocycles. The average Bonchev–Trinajstić information content (AvgIpc) is 3.34. The number of rotatable bonds is 5. The molecule has 0 aliphatic carbocycles. The van der Waals surface area contributed by atoms with Gasteiger partial charge in [0, 0.05) is 5.69 Å². The van der Waals surface area contributed by atoms with Gasteiger partial charge >= 0.3 is 0 Å². The van der Waals surface area contributed by atoms with E-state index in [1.807, 2.05) is 43.3 Å². The monoisotopic (exact) mass is 389 g/mol. The van der Waals surface area contributed by atoms with E-state index >= 15 is 0 Å². The zero-order valence-corrected chi connectivity index (χ0v) is 16.2. The Hall–Kier alpha value is -4.01. The molecule has 0 saturated carbocycles. The fraction of sp³-hybridized carbons (Fsp3) is 0.150. The molecule has 4 aromatic rings. The molecule has 0 unspecified atom stereocenters. The summed E-state index contributed by atoms with van der Waals surface area (Å²) in [5, 5.41) is 18.9. The van der Waals surface area contributed by atoms with Crippen molar-refractivity contribution in [1.82, 2.24) is 30.0 Å². The SMILES string of the molecule is COc1ccccc1-n1nnc(C(=O)Nc2ccc(-n3nncc3C)cc2)c1C. The minimum atomic E-state index is -0.340. The molecule has 2 aromatic heterocycles. The third-order valence-electron chi connectivity index (χ3n) is 4.51. The number of aryl methyl sites for hydroxylation is 1. The van der Waals surface area contributed by atoms with E-state index in [1.54, 1.807) is 41.7 Å². The van der Waals surface area contributed by atoms with Crippen molar-refractivity contribution in [3.05, 3.63) is 71.8 Å². The summed E-state index contributed by atoms with van der Waals surface area (Å²) >= 11 is 0. The highest BCUT2D eigenvalue weighted by atomic mass is 16.5. The summed E-state index contributed by atoms with van der Waals surface area (Å²) in [5.74, 6) is 0.305. The lowest BCUT2D eigenvalue weighted by Crippen LogP contribution is -2.14. The van der Waals surface area contributed by atoms with Crippen LogP contribution in [-0.2, 0) is 0 Å².